The average molecular weight is 286 g/mol. The number of hydrogen-bond donors (Lipinski definition) is 2. The van der Waals surface area contributed by atoms with E-state index in [2.05, 4.69) is 10.0 Å². The Bertz CT molecular complexity index is 560. The van der Waals surface area contributed by atoms with Crippen molar-refractivity contribution in [2.75, 3.05) is 13.1 Å². The number of rotatable bonds is 3. The molecule has 1 aliphatic heterocycles. The van der Waals surface area contributed by atoms with Crippen LogP contribution in [0.5, 0.6) is 0 Å². The third-order valence-electron chi connectivity index (χ3n) is 3.53. The molecule has 2 rings (SSSR count). The second kappa shape index (κ2) is 5.56. The van der Waals surface area contributed by atoms with Crippen LogP contribution in [-0.4, -0.2) is 27.5 Å². The molecule has 6 heteroatoms. The Morgan fingerprint density at radius 3 is 2.84 bits per heavy atom. The molecule has 0 aromatic heterocycles. The van der Waals surface area contributed by atoms with Gasteiger partial charge >= 0.3 is 0 Å². The number of hydrogen-bond acceptors (Lipinski definition) is 3. The summed E-state index contributed by atoms with van der Waals surface area (Å²) in [7, 11) is -3.66. The molecule has 0 radical (unpaired) electrons. The van der Waals surface area contributed by atoms with Crippen LogP contribution in [0.1, 0.15) is 18.9 Å². The van der Waals surface area contributed by atoms with Crippen LogP contribution in [0, 0.1) is 18.7 Å². The molecular weight excluding hydrogens is 267 g/mol. The van der Waals surface area contributed by atoms with Gasteiger partial charge in [-0.15, -0.1) is 0 Å². The summed E-state index contributed by atoms with van der Waals surface area (Å²) in [5.74, 6) is -0.318. The predicted octanol–water partition coefficient (Wildman–Crippen LogP) is 1.41. The Kier molecular flexibility index (Phi) is 4.23. The first-order valence-electron chi connectivity index (χ1n) is 6.39. The first kappa shape index (κ1) is 14.4. The number of nitrogens with one attached hydrogen (secondary N) is 2. The van der Waals surface area contributed by atoms with Gasteiger partial charge in [0, 0.05) is 6.04 Å². The van der Waals surface area contributed by atoms with Crippen molar-refractivity contribution in [1.82, 2.24) is 10.0 Å². The lowest BCUT2D eigenvalue weighted by atomic mass is 9.97. The van der Waals surface area contributed by atoms with Gasteiger partial charge in [-0.25, -0.2) is 17.5 Å². The maximum atomic E-state index is 13.2. The van der Waals surface area contributed by atoms with Crippen LogP contribution < -0.4 is 10.0 Å². The highest BCUT2D eigenvalue weighted by molar-refractivity contribution is 7.89. The van der Waals surface area contributed by atoms with Crippen LogP contribution in [0.15, 0.2) is 23.1 Å². The summed E-state index contributed by atoms with van der Waals surface area (Å²) >= 11 is 0. The Morgan fingerprint density at radius 2 is 2.16 bits per heavy atom. The molecule has 2 N–H and O–H groups in total. The number of sulfonamides is 1. The molecule has 0 saturated carbocycles. The lowest BCUT2D eigenvalue weighted by Crippen LogP contribution is -2.48. The van der Waals surface area contributed by atoms with Gasteiger partial charge in [-0.2, -0.15) is 0 Å². The summed E-state index contributed by atoms with van der Waals surface area (Å²) in [5, 5.41) is 3.22. The van der Waals surface area contributed by atoms with Crippen molar-refractivity contribution in [3.63, 3.8) is 0 Å². The number of piperidine rings is 1. The molecule has 0 spiro atoms. The Hall–Kier alpha value is -0.980. The average Bonchev–Trinajstić information content (AvgIpc) is 2.35. The summed E-state index contributed by atoms with van der Waals surface area (Å²) in [6.07, 6.45) is 0.745. The molecule has 1 fully saturated rings. The Balaban J connectivity index is 2.24. The molecule has 19 heavy (non-hydrogen) atoms. The van der Waals surface area contributed by atoms with Crippen LogP contribution in [0.25, 0.3) is 0 Å². The van der Waals surface area contributed by atoms with Crippen LogP contribution in [0.2, 0.25) is 0 Å². The third kappa shape index (κ3) is 3.32. The first-order chi connectivity index (χ1) is 8.90. The van der Waals surface area contributed by atoms with E-state index in [1.807, 2.05) is 6.92 Å². The molecule has 1 saturated heterocycles. The minimum atomic E-state index is -3.66. The van der Waals surface area contributed by atoms with E-state index in [9.17, 15) is 12.8 Å². The van der Waals surface area contributed by atoms with E-state index < -0.39 is 15.8 Å². The molecule has 0 unspecified atom stereocenters. The summed E-state index contributed by atoms with van der Waals surface area (Å²) in [6, 6.07) is 3.72. The molecule has 2 atom stereocenters. The standard InChI is InChI=1S/C13H19FN2O2S/c1-9-3-4-11(14)7-13(9)19(17,18)16-12-5-6-15-8-10(12)2/h3-4,7,10,12,15-16H,5-6,8H2,1-2H3/t10-,12+/m1/s1. The minimum absolute atomic E-state index is 0.0261. The minimum Gasteiger partial charge on any atom is -0.316 e. The lowest BCUT2D eigenvalue weighted by molar-refractivity contribution is 0.328. The van der Waals surface area contributed by atoms with Crippen LogP contribution in [0.4, 0.5) is 4.39 Å². The second-order valence-electron chi connectivity index (χ2n) is 5.11. The zero-order chi connectivity index (χ0) is 14.0. The molecule has 1 aliphatic rings. The highest BCUT2D eigenvalue weighted by Gasteiger charge is 2.27. The molecule has 0 amide bonds. The Labute approximate surface area is 113 Å². The van der Waals surface area contributed by atoms with Crippen molar-refractivity contribution >= 4 is 10.0 Å². The molecule has 1 aromatic rings. The quantitative estimate of drug-likeness (QED) is 0.883. The van der Waals surface area contributed by atoms with Crippen molar-refractivity contribution < 1.29 is 12.8 Å². The van der Waals surface area contributed by atoms with Gasteiger partial charge in [-0.05, 0) is 50.0 Å². The van der Waals surface area contributed by atoms with Gasteiger partial charge in [0.25, 0.3) is 0 Å². The number of aryl methyl sites for hydroxylation is 1. The molecule has 0 aliphatic carbocycles. The fourth-order valence-electron chi connectivity index (χ4n) is 2.32. The molecule has 1 heterocycles. The van der Waals surface area contributed by atoms with Crippen LogP contribution in [-0.2, 0) is 10.0 Å². The maximum absolute atomic E-state index is 13.2. The number of benzene rings is 1. The summed E-state index contributed by atoms with van der Waals surface area (Å²) in [6.45, 7) is 5.24. The van der Waals surface area contributed by atoms with E-state index in [1.54, 1.807) is 6.92 Å². The van der Waals surface area contributed by atoms with E-state index in [1.165, 1.54) is 12.1 Å². The van der Waals surface area contributed by atoms with Gasteiger partial charge < -0.3 is 5.32 Å². The van der Waals surface area contributed by atoms with Crippen LogP contribution >= 0.6 is 0 Å². The normalized spacial score (nSPS) is 24.4. The fourth-order valence-corrected chi connectivity index (χ4v) is 3.95. The van der Waals surface area contributed by atoms with Crippen LogP contribution in [0.3, 0.4) is 0 Å². The first-order valence-corrected chi connectivity index (χ1v) is 7.87. The lowest BCUT2D eigenvalue weighted by Gasteiger charge is -2.30. The largest absolute Gasteiger partial charge is 0.316 e. The van der Waals surface area contributed by atoms with Gasteiger partial charge in [0.1, 0.15) is 5.82 Å². The van der Waals surface area contributed by atoms with Gasteiger partial charge in [0.15, 0.2) is 0 Å². The van der Waals surface area contributed by atoms with E-state index in [-0.39, 0.29) is 16.9 Å². The zero-order valence-corrected chi connectivity index (χ0v) is 11.9. The molecule has 0 bridgehead atoms. The molecule has 1 aromatic carbocycles. The van der Waals surface area contributed by atoms with Crippen molar-refractivity contribution in [3.05, 3.63) is 29.6 Å². The van der Waals surface area contributed by atoms with E-state index >= 15 is 0 Å². The zero-order valence-electron chi connectivity index (χ0n) is 11.1. The SMILES string of the molecule is Cc1ccc(F)cc1S(=O)(=O)N[C@H]1CCNC[C@H]1C. The third-order valence-corrected chi connectivity index (χ3v) is 5.16. The molecular formula is C13H19FN2O2S. The molecule has 4 nitrogen and oxygen atoms in total. The smallest absolute Gasteiger partial charge is 0.241 e. The highest BCUT2D eigenvalue weighted by atomic mass is 32.2. The number of halogens is 1. The van der Waals surface area contributed by atoms with Crippen molar-refractivity contribution in [3.8, 4) is 0 Å². The van der Waals surface area contributed by atoms with E-state index in [0.717, 1.165) is 25.6 Å². The summed E-state index contributed by atoms with van der Waals surface area (Å²) < 4.78 is 40.6. The van der Waals surface area contributed by atoms with E-state index in [0.29, 0.717) is 5.56 Å². The summed E-state index contributed by atoms with van der Waals surface area (Å²) in [4.78, 5) is 0.0261. The van der Waals surface area contributed by atoms with Crippen molar-refractivity contribution in [2.45, 2.75) is 31.2 Å². The predicted molar refractivity (Wildman–Crippen MR) is 71.9 cm³/mol. The maximum Gasteiger partial charge on any atom is 0.241 e. The monoisotopic (exact) mass is 286 g/mol. The van der Waals surface area contributed by atoms with Gasteiger partial charge in [-0.1, -0.05) is 13.0 Å². The van der Waals surface area contributed by atoms with Gasteiger partial charge in [-0.3, -0.25) is 0 Å². The fraction of sp³-hybridized carbons (Fsp3) is 0.538. The van der Waals surface area contributed by atoms with Gasteiger partial charge in [0.2, 0.25) is 10.0 Å². The van der Waals surface area contributed by atoms with Crippen molar-refractivity contribution in [1.29, 1.82) is 0 Å². The topological polar surface area (TPSA) is 58.2 Å². The summed E-state index contributed by atoms with van der Waals surface area (Å²) in [5.41, 5.74) is 0.551. The molecule has 106 valence electrons. The highest BCUT2D eigenvalue weighted by Crippen LogP contribution is 2.19. The van der Waals surface area contributed by atoms with E-state index in [4.69, 9.17) is 0 Å². The van der Waals surface area contributed by atoms with Gasteiger partial charge in [0.05, 0.1) is 4.90 Å². The van der Waals surface area contributed by atoms with Crippen molar-refractivity contribution in [2.24, 2.45) is 5.92 Å². The Morgan fingerprint density at radius 1 is 1.42 bits per heavy atom. The second-order valence-corrected chi connectivity index (χ2v) is 6.79.